The van der Waals surface area contributed by atoms with E-state index in [2.05, 4.69) is 17.4 Å². The molecule has 0 radical (unpaired) electrons. The van der Waals surface area contributed by atoms with E-state index < -0.39 is 0 Å². The van der Waals surface area contributed by atoms with Crippen molar-refractivity contribution in [2.75, 3.05) is 26.1 Å². The van der Waals surface area contributed by atoms with Gasteiger partial charge in [-0.2, -0.15) is 0 Å². The van der Waals surface area contributed by atoms with Crippen LogP contribution < -0.4 is 14.8 Å². The third-order valence-corrected chi connectivity index (χ3v) is 5.62. The molecule has 2 aromatic carbocycles. The van der Waals surface area contributed by atoms with Gasteiger partial charge in [0.25, 0.3) is 0 Å². The van der Waals surface area contributed by atoms with Crippen molar-refractivity contribution < 1.29 is 9.47 Å². The molecule has 146 valence electrons. The molecule has 1 heterocycles. The smallest absolute Gasteiger partial charge is 0.160 e. The van der Waals surface area contributed by atoms with Crippen molar-refractivity contribution in [3.8, 4) is 11.5 Å². The number of halogens is 1. The summed E-state index contributed by atoms with van der Waals surface area (Å²) in [5.41, 5.74) is 5.99. The molecule has 0 saturated heterocycles. The van der Waals surface area contributed by atoms with Crippen LogP contribution in [0, 0.1) is 0 Å². The first-order chi connectivity index (χ1) is 13.7. The quantitative estimate of drug-likeness (QED) is 0.602. The third-order valence-electron chi connectivity index (χ3n) is 5.39. The molecule has 0 aliphatic heterocycles. The Bertz CT molecular complexity index is 1000. The molecule has 5 heteroatoms. The van der Waals surface area contributed by atoms with Gasteiger partial charge in [-0.15, -0.1) is 0 Å². The number of aryl methyl sites for hydroxylation is 1. The number of nitrogens with zero attached hydrogens (tertiary/aromatic N) is 1. The second kappa shape index (κ2) is 8.27. The standard InChI is InChI=1S/C23H25ClN2O2/c1-27-21-10-7-15(13-22(21)28-2)11-12-25-23-17-5-3-4-6-19(17)26-20-14-16(24)8-9-18(20)23/h7-10,13-14H,3-6,11-12H2,1-2H3,(H,25,26). The second-order valence-electron chi connectivity index (χ2n) is 7.15. The van der Waals surface area contributed by atoms with Gasteiger partial charge in [-0.3, -0.25) is 4.98 Å². The molecule has 0 fully saturated rings. The summed E-state index contributed by atoms with van der Waals surface area (Å²) in [6.45, 7) is 0.837. The van der Waals surface area contributed by atoms with Crippen molar-refractivity contribution in [1.29, 1.82) is 0 Å². The van der Waals surface area contributed by atoms with E-state index in [1.165, 1.54) is 35.3 Å². The molecular formula is C23H25ClN2O2. The fourth-order valence-electron chi connectivity index (χ4n) is 3.97. The number of benzene rings is 2. The van der Waals surface area contributed by atoms with Crippen LogP contribution in [0.1, 0.15) is 29.7 Å². The van der Waals surface area contributed by atoms with Gasteiger partial charge in [0.05, 0.1) is 19.7 Å². The molecule has 0 amide bonds. The Morgan fingerprint density at radius 3 is 2.64 bits per heavy atom. The van der Waals surface area contributed by atoms with Crippen molar-refractivity contribution in [3.05, 3.63) is 58.2 Å². The zero-order valence-electron chi connectivity index (χ0n) is 16.3. The fourth-order valence-corrected chi connectivity index (χ4v) is 4.13. The summed E-state index contributed by atoms with van der Waals surface area (Å²) in [6, 6.07) is 12.1. The highest BCUT2D eigenvalue weighted by molar-refractivity contribution is 6.31. The molecule has 0 spiro atoms. The maximum absolute atomic E-state index is 6.21. The molecule has 1 aliphatic carbocycles. The van der Waals surface area contributed by atoms with Crippen LogP contribution in [0.4, 0.5) is 5.69 Å². The number of ether oxygens (including phenoxy) is 2. The number of anilines is 1. The number of pyridine rings is 1. The van der Waals surface area contributed by atoms with Gasteiger partial charge in [0.1, 0.15) is 0 Å². The van der Waals surface area contributed by atoms with Gasteiger partial charge in [-0.1, -0.05) is 17.7 Å². The Hall–Kier alpha value is -2.46. The molecule has 4 nitrogen and oxygen atoms in total. The Morgan fingerprint density at radius 2 is 1.82 bits per heavy atom. The van der Waals surface area contributed by atoms with Crippen LogP contribution >= 0.6 is 11.6 Å². The first-order valence-corrected chi connectivity index (χ1v) is 10.1. The average Bonchev–Trinajstić information content (AvgIpc) is 2.72. The van der Waals surface area contributed by atoms with Crippen LogP contribution in [-0.2, 0) is 19.3 Å². The SMILES string of the molecule is COc1ccc(CCNc2c3c(nc4cc(Cl)ccc24)CCCC3)cc1OC. The summed E-state index contributed by atoms with van der Waals surface area (Å²) in [6.07, 6.45) is 5.45. The zero-order valence-corrected chi connectivity index (χ0v) is 17.1. The van der Waals surface area contributed by atoms with E-state index in [0.717, 1.165) is 53.2 Å². The van der Waals surface area contributed by atoms with Gasteiger partial charge >= 0.3 is 0 Å². The van der Waals surface area contributed by atoms with E-state index in [4.69, 9.17) is 26.1 Å². The lowest BCUT2D eigenvalue weighted by Crippen LogP contribution is -2.13. The van der Waals surface area contributed by atoms with E-state index >= 15 is 0 Å². The molecule has 1 N–H and O–H groups in total. The summed E-state index contributed by atoms with van der Waals surface area (Å²) < 4.78 is 10.7. The predicted octanol–water partition coefficient (Wildman–Crippen LogP) is 5.44. The van der Waals surface area contributed by atoms with Crippen LogP contribution in [0.5, 0.6) is 11.5 Å². The van der Waals surface area contributed by atoms with Gasteiger partial charge in [0.2, 0.25) is 0 Å². The molecule has 0 bridgehead atoms. The number of fused-ring (bicyclic) bond motifs is 2. The normalized spacial score (nSPS) is 13.2. The summed E-state index contributed by atoms with van der Waals surface area (Å²) in [4.78, 5) is 4.89. The number of hydrogen-bond donors (Lipinski definition) is 1. The number of hydrogen-bond acceptors (Lipinski definition) is 4. The Labute approximate surface area is 170 Å². The van der Waals surface area contributed by atoms with Crippen molar-refractivity contribution in [1.82, 2.24) is 4.98 Å². The van der Waals surface area contributed by atoms with Crippen LogP contribution in [0.3, 0.4) is 0 Å². The van der Waals surface area contributed by atoms with E-state index in [0.29, 0.717) is 0 Å². The Kier molecular flexibility index (Phi) is 5.58. The lowest BCUT2D eigenvalue weighted by Gasteiger charge is -2.22. The van der Waals surface area contributed by atoms with Crippen molar-refractivity contribution >= 4 is 28.2 Å². The Morgan fingerprint density at radius 1 is 1.00 bits per heavy atom. The highest BCUT2D eigenvalue weighted by Gasteiger charge is 2.18. The van der Waals surface area contributed by atoms with Gasteiger partial charge in [0, 0.05) is 28.3 Å². The minimum absolute atomic E-state index is 0.729. The van der Waals surface area contributed by atoms with Gasteiger partial charge in [-0.25, -0.2) is 0 Å². The maximum Gasteiger partial charge on any atom is 0.160 e. The molecule has 4 rings (SSSR count). The number of aromatic nitrogens is 1. The largest absolute Gasteiger partial charge is 0.493 e. The molecule has 1 aromatic heterocycles. The Balaban J connectivity index is 1.59. The molecule has 1 aliphatic rings. The third kappa shape index (κ3) is 3.74. The summed E-state index contributed by atoms with van der Waals surface area (Å²) in [5.74, 6) is 1.52. The second-order valence-corrected chi connectivity index (χ2v) is 7.58. The van der Waals surface area contributed by atoms with Gasteiger partial charge < -0.3 is 14.8 Å². The molecule has 0 unspecified atom stereocenters. The maximum atomic E-state index is 6.21. The van der Waals surface area contributed by atoms with Crippen LogP contribution in [0.2, 0.25) is 5.02 Å². The van der Waals surface area contributed by atoms with Gasteiger partial charge in [0.15, 0.2) is 11.5 Å². The molecule has 0 saturated carbocycles. The van der Waals surface area contributed by atoms with Crippen molar-refractivity contribution in [3.63, 3.8) is 0 Å². The summed E-state index contributed by atoms with van der Waals surface area (Å²) >= 11 is 6.21. The molecule has 28 heavy (non-hydrogen) atoms. The fraction of sp³-hybridized carbons (Fsp3) is 0.348. The van der Waals surface area contributed by atoms with Crippen molar-refractivity contribution in [2.45, 2.75) is 32.1 Å². The van der Waals surface area contributed by atoms with E-state index in [-0.39, 0.29) is 0 Å². The van der Waals surface area contributed by atoms with Gasteiger partial charge in [-0.05, 0) is 73.6 Å². The summed E-state index contributed by atoms with van der Waals surface area (Å²) in [5, 5.41) is 5.57. The zero-order chi connectivity index (χ0) is 19.5. The van der Waals surface area contributed by atoms with Crippen LogP contribution in [0.25, 0.3) is 10.9 Å². The minimum Gasteiger partial charge on any atom is -0.493 e. The summed E-state index contributed by atoms with van der Waals surface area (Å²) in [7, 11) is 3.32. The molecule has 0 atom stereocenters. The number of nitrogens with one attached hydrogen (secondary N) is 1. The monoisotopic (exact) mass is 396 g/mol. The average molecular weight is 397 g/mol. The highest BCUT2D eigenvalue weighted by atomic mass is 35.5. The molecule has 3 aromatic rings. The highest BCUT2D eigenvalue weighted by Crippen LogP contribution is 2.34. The van der Waals surface area contributed by atoms with E-state index in [9.17, 15) is 0 Å². The lowest BCUT2D eigenvalue weighted by atomic mass is 9.92. The number of rotatable bonds is 6. The topological polar surface area (TPSA) is 43.4 Å². The first-order valence-electron chi connectivity index (χ1n) is 9.75. The predicted molar refractivity (Wildman–Crippen MR) is 115 cm³/mol. The van der Waals surface area contributed by atoms with E-state index in [1.54, 1.807) is 14.2 Å². The lowest BCUT2D eigenvalue weighted by molar-refractivity contribution is 0.354. The number of methoxy groups -OCH3 is 2. The van der Waals surface area contributed by atoms with Crippen molar-refractivity contribution in [2.24, 2.45) is 0 Å². The van der Waals surface area contributed by atoms with Crippen LogP contribution in [0.15, 0.2) is 36.4 Å². The molecular weight excluding hydrogens is 372 g/mol. The van der Waals surface area contributed by atoms with Crippen LogP contribution in [-0.4, -0.2) is 25.7 Å². The minimum atomic E-state index is 0.729. The first kappa shape index (κ1) is 18.9. The van der Waals surface area contributed by atoms with E-state index in [1.807, 2.05) is 24.3 Å².